The molecule has 1 aromatic heterocycles. The van der Waals surface area contributed by atoms with Gasteiger partial charge in [-0.1, -0.05) is 0 Å². The van der Waals surface area contributed by atoms with Crippen LogP contribution in [-0.4, -0.2) is 23.0 Å². The van der Waals surface area contributed by atoms with E-state index in [0.29, 0.717) is 18.0 Å². The number of carbonyl (C=O) groups is 1. The minimum absolute atomic E-state index is 0. The Bertz CT molecular complexity index is 374. The number of hydrogen-bond donors (Lipinski definition) is 2. The summed E-state index contributed by atoms with van der Waals surface area (Å²) in [4.78, 5) is 15.5. The monoisotopic (exact) mass is 245 g/mol. The van der Waals surface area contributed by atoms with Gasteiger partial charge >= 0.3 is 0 Å². The summed E-state index contributed by atoms with van der Waals surface area (Å²) in [7, 11) is 0. The number of rotatable bonds is 3. The lowest BCUT2D eigenvalue weighted by atomic mass is 9.78. The van der Waals surface area contributed by atoms with Crippen molar-refractivity contribution in [1.82, 2.24) is 10.3 Å². The molecule has 6 heteroatoms. The molecular formula is C10H16ClN3O2. The number of halogens is 1. The lowest BCUT2D eigenvalue weighted by Gasteiger charge is -2.37. The number of nitrogens with zero attached hydrogens (tertiary/aromatic N) is 1. The number of amides is 1. The van der Waals surface area contributed by atoms with Crippen molar-refractivity contribution in [3.63, 3.8) is 0 Å². The van der Waals surface area contributed by atoms with Gasteiger partial charge in [0, 0.05) is 12.1 Å². The number of hydrogen-bond acceptors (Lipinski definition) is 4. The van der Waals surface area contributed by atoms with Gasteiger partial charge in [0.15, 0.2) is 12.1 Å². The smallest absolute Gasteiger partial charge is 0.273 e. The molecule has 0 bridgehead atoms. The first-order valence-electron chi connectivity index (χ1n) is 5.08. The molecule has 1 saturated carbocycles. The molecule has 90 valence electrons. The van der Waals surface area contributed by atoms with Crippen LogP contribution in [0, 0.1) is 6.92 Å². The highest BCUT2D eigenvalue weighted by Crippen LogP contribution is 2.28. The zero-order valence-electron chi connectivity index (χ0n) is 9.16. The number of nitrogens with one attached hydrogen (secondary N) is 1. The Morgan fingerprint density at radius 1 is 1.69 bits per heavy atom. The predicted molar refractivity (Wildman–Crippen MR) is 61.6 cm³/mol. The maximum atomic E-state index is 11.6. The van der Waals surface area contributed by atoms with Crippen molar-refractivity contribution in [2.45, 2.75) is 31.7 Å². The van der Waals surface area contributed by atoms with E-state index in [1.165, 1.54) is 6.39 Å². The van der Waals surface area contributed by atoms with Crippen LogP contribution in [0.3, 0.4) is 0 Å². The molecule has 1 aliphatic rings. The van der Waals surface area contributed by atoms with Gasteiger partial charge < -0.3 is 15.5 Å². The van der Waals surface area contributed by atoms with Crippen LogP contribution in [0.1, 0.15) is 35.5 Å². The molecule has 1 aliphatic carbocycles. The summed E-state index contributed by atoms with van der Waals surface area (Å²) in [6.45, 7) is 2.22. The van der Waals surface area contributed by atoms with E-state index in [9.17, 15) is 4.79 Å². The first-order chi connectivity index (χ1) is 7.11. The lowest BCUT2D eigenvalue weighted by molar-refractivity contribution is 0.0924. The van der Waals surface area contributed by atoms with Gasteiger partial charge in [-0.15, -0.1) is 12.4 Å². The number of aryl methyl sites for hydroxylation is 1. The van der Waals surface area contributed by atoms with Gasteiger partial charge in [0.25, 0.3) is 5.91 Å². The fourth-order valence-electron chi connectivity index (χ4n) is 1.67. The fraction of sp³-hybridized carbons (Fsp3) is 0.600. The van der Waals surface area contributed by atoms with Crippen molar-refractivity contribution in [3.05, 3.63) is 17.8 Å². The maximum absolute atomic E-state index is 11.6. The molecular weight excluding hydrogens is 230 g/mol. The molecule has 0 saturated heterocycles. The molecule has 0 radical (unpaired) electrons. The summed E-state index contributed by atoms with van der Waals surface area (Å²) in [5.74, 6) is 0.324. The SMILES string of the molecule is Cc1ocnc1C(=O)NCC1(N)CCC1.Cl. The van der Waals surface area contributed by atoms with Crippen molar-refractivity contribution in [2.24, 2.45) is 5.73 Å². The number of nitrogens with two attached hydrogens (primary N) is 1. The minimum Gasteiger partial charge on any atom is -0.448 e. The third-order valence-electron chi connectivity index (χ3n) is 2.91. The van der Waals surface area contributed by atoms with Gasteiger partial charge in [0.2, 0.25) is 0 Å². The van der Waals surface area contributed by atoms with Crippen LogP contribution in [-0.2, 0) is 0 Å². The quantitative estimate of drug-likeness (QED) is 0.833. The molecule has 0 atom stereocenters. The molecule has 1 amide bonds. The zero-order valence-corrected chi connectivity index (χ0v) is 9.97. The first kappa shape index (κ1) is 13.0. The van der Waals surface area contributed by atoms with E-state index in [2.05, 4.69) is 10.3 Å². The largest absolute Gasteiger partial charge is 0.448 e. The molecule has 0 aliphatic heterocycles. The third kappa shape index (κ3) is 2.54. The number of carbonyl (C=O) groups excluding carboxylic acids is 1. The van der Waals surface area contributed by atoms with Crippen LogP contribution in [0.4, 0.5) is 0 Å². The average Bonchev–Trinajstić information content (AvgIpc) is 2.58. The summed E-state index contributed by atoms with van der Waals surface area (Å²) >= 11 is 0. The van der Waals surface area contributed by atoms with Crippen LogP contribution < -0.4 is 11.1 Å². The Balaban J connectivity index is 0.00000128. The molecule has 0 spiro atoms. The Morgan fingerprint density at radius 2 is 2.38 bits per heavy atom. The van der Waals surface area contributed by atoms with Crippen LogP contribution in [0.2, 0.25) is 0 Å². The van der Waals surface area contributed by atoms with E-state index in [0.717, 1.165) is 19.3 Å². The molecule has 3 N–H and O–H groups in total. The highest BCUT2D eigenvalue weighted by molar-refractivity contribution is 5.93. The molecule has 2 rings (SSSR count). The molecule has 0 unspecified atom stereocenters. The Hall–Kier alpha value is -1.07. The van der Waals surface area contributed by atoms with Gasteiger partial charge in [-0.25, -0.2) is 4.98 Å². The normalized spacial score (nSPS) is 17.1. The van der Waals surface area contributed by atoms with Crippen molar-refractivity contribution in [1.29, 1.82) is 0 Å². The average molecular weight is 246 g/mol. The second-order valence-electron chi connectivity index (χ2n) is 4.16. The molecule has 16 heavy (non-hydrogen) atoms. The maximum Gasteiger partial charge on any atom is 0.273 e. The Kier molecular flexibility index (Phi) is 3.93. The van der Waals surface area contributed by atoms with Crippen molar-refractivity contribution in [2.75, 3.05) is 6.54 Å². The van der Waals surface area contributed by atoms with Crippen LogP contribution >= 0.6 is 12.4 Å². The summed E-state index contributed by atoms with van der Waals surface area (Å²) in [5.41, 5.74) is 6.13. The van der Waals surface area contributed by atoms with Crippen LogP contribution in [0.25, 0.3) is 0 Å². The lowest BCUT2D eigenvalue weighted by Crippen LogP contribution is -2.55. The summed E-state index contributed by atoms with van der Waals surface area (Å²) in [5, 5.41) is 2.78. The summed E-state index contributed by atoms with van der Waals surface area (Å²) < 4.78 is 4.95. The van der Waals surface area contributed by atoms with E-state index in [1.807, 2.05) is 0 Å². The summed E-state index contributed by atoms with van der Waals surface area (Å²) in [6.07, 6.45) is 4.37. The topological polar surface area (TPSA) is 81.2 Å². The summed E-state index contributed by atoms with van der Waals surface area (Å²) in [6, 6.07) is 0. The second-order valence-corrected chi connectivity index (χ2v) is 4.16. The fourth-order valence-corrected chi connectivity index (χ4v) is 1.67. The number of aromatic nitrogens is 1. The van der Waals surface area contributed by atoms with E-state index < -0.39 is 0 Å². The molecule has 0 aromatic carbocycles. The zero-order chi connectivity index (χ0) is 10.9. The molecule has 1 aromatic rings. The van der Waals surface area contributed by atoms with Gasteiger partial charge in [0.1, 0.15) is 5.76 Å². The molecule has 1 fully saturated rings. The van der Waals surface area contributed by atoms with Crippen LogP contribution in [0.5, 0.6) is 0 Å². The van der Waals surface area contributed by atoms with Crippen molar-refractivity contribution in [3.8, 4) is 0 Å². The Labute approximate surface area is 100 Å². The van der Waals surface area contributed by atoms with Crippen molar-refractivity contribution < 1.29 is 9.21 Å². The van der Waals surface area contributed by atoms with Gasteiger partial charge in [-0.2, -0.15) is 0 Å². The van der Waals surface area contributed by atoms with E-state index in [1.54, 1.807) is 6.92 Å². The standard InChI is InChI=1S/C10H15N3O2.ClH/c1-7-8(13-6-15-7)9(14)12-5-10(11)3-2-4-10;/h6H,2-5,11H2,1H3,(H,12,14);1H. The number of oxazole rings is 1. The first-order valence-corrected chi connectivity index (χ1v) is 5.08. The molecule has 1 heterocycles. The van der Waals surface area contributed by atoms with Crippen LogP contribution in [0.15, 0.2) is 10.8 Å². The highest BCUT2D eigenvalue weighted by atomic mass is 35.5. The van der Waals surface area contributed by atoms with E-state index in [4.69, 9.17) is 10.2 Å². The Morgan fingerprint density at radius 3 is 2.81 bits per heavy atom. The predicted octanol–water partition coefficient (Wildman–Crippen LogP) is 1.02. The minimum atomic E-state index is -0.210. The van der Waals surface area contributed by atoms with Gasteiger partial charge in [0.05, 0.1) is 0 Å². The molecule has 5 nitrogen and oxygen atoms in total. The van der Waals surface area contributed by atoms with E-state index >= 15 is 0 Å². The van der Waals surface area contributed by atoms with Gasteiger partial charge in [-0.05, 0) is 26.2 Å². The third-order valence-corrected chi connectivity index (χ3v) is 2.91. The highest BCUT2D eigenvalue weighted by Gasteiger charge is 2.33. The van der Waals surface area contributed by atoms with Crippen molar-refractivity contribution >= 4 is 18.3 Å². The van der Waals surface area contributed by atoms with E-state index in [-0.39, 0.29) is 23.9 Å². The van der Waals surface area contributed by atoms with Gasteiger partial charge in [-0.3, -0.25) is 4.79 Å². The second kappa shape index (κ2) is 4.84.